The van der Waals surface area contributed by atoms with Gasteiger partial charge in [-0.1, -0.05) is 30.3 Å². The van der Waals surface area contributed by atoms with Crippen LogP contribution in [-0.2, 0) is 0 Å². The van der Waals surface area contributed by atoms with Gasteiger partial charge in [0.25, 0.3) is 0 Å². The molecule has 0 saturated heterocycles. The molecule has 0 bridgehead atoms. The first-order valence-electron chi connectivity index (χ1n) is 5.23. The second kappa shape index (κ2) is 5.00. The maximum absolute atomic E-state index is 12.0. The standard InChI is InChI=1S/C13H11F3S/c14-13(15,16)7-8-17-12-6-5-10-3-1-2-4-11(10)9-12/h1-6,9H,7-8H2. The second-order valence-corrected chi connectivity index (χ2v) is 4.89. The van der Waals surface area contributed by atoms with Crippen LogP contribution in [0.25, 0.3) is 10.8 Å². The lowest BCUT2D eigenvalue weighted by Crippen LogP contribution is -2.07. The molecule has 0 nitrogen and oxygen atoms in total. The van der Waals surface area contributed by atoms with Crippen molar-refractivity contribution in [1.82, 2.24) is 0 Å². The molecule has 0 fully saturated rings. The monoisotopic (exact) mass is 256 g/mol. The van der Waals surface area contributed by atoms with E-state index in [0.29, 0.717) is 0 Å². The van der Waals surface area contributed by atoms with Gasteiger partial charge in [-0.3, -0.25) is 0 Å². The zero-order valence-electron chi connectivity index (χ0n) is 9.00. The molecular weight excluding hydrogens is 245 g/mol. The van der Waals surface area contributed by atoms with Crippen LogP contribution in [0.3, 0.4) is 0 Å². The van der Waals surface area contributed by atoms with Crippen LogP contribution < -0.4 is 0 Å². The Kier molecular flexibility index (Phi) is 3.62. The minimum absolute atomic E-state index is 0.0713. The van der Waals surface area contributed by atoms with Crippen LogP contribution in [0.15, 0.2) is 47.4 Å². The highest BCUT2D eigenvalue weighted by Crippen LogP contribution is 2.28. The normalized spacial score (nSPS) is 11.9. The first-order valence-corrected chi connectivity index (χ1v) is 6.21. The van der Waals surface area contributed by atoms with E-state index < -0.39 is 12.6 Å². The Bertz CT molecular complexity index is 505. The highest BCUT2D eigenvalue weighted by Gasteiger charge is 2.26. The van der Waals surface area contributed by atoms with E-state index >= 15 is 0 Å². The molecule has 0 aliphatic rings. The molecule has 4 heteroatoms. The van der Waals surface area contributed by atoms with Gasteiger partial charge >= 0.3 is 6.18 Å². The molecule has 0 saturated carbocycles. The van der Waals surface area contributed by atoms with Crippen molar-refractivity contribution < 1.29 is 13.2 Å². The van der Waals surface area contributed by atoms with Crippen LogP contribution in [-0.4, -0.2) is 11.9 Å². The number of rotatable bonds is 3. The summed E-state index contributed by atoms with van der Waals surface area (Å²) in [6.45, 7) is 0. The number of benzene rings is 2. The molecule has 0 aliphatic carbocycles. The van der Waals surface area contributed by atoms with Crippen LogP contribution in [0.4, 0.5) is 13.2 Å². The van der Waals surface area contributed by atoms with Gasteiger partial charge in [-0.05, 0) is 22.9 Å². The van der Waals surface area contributed by atoms with Crippen molar-refractivity contribution in [2.45, 2.75) is 17.5 Å². The van der Waals surface area contributed by atoms with Crippen LogP contribution in [0.1, 0.15) is 6.42 Å². The van der Waals surface area contributed by atoms with Gasteiger partial charge < -0.3 is 0 Å². The van der Waals surface area contributed by atoms with E-state index in [2.05, 4.69) is 0 Å². The third-order valence-corrected chi connectivity index (χ3v) is 3.37. The van der Waals surface area contributed by atoms with E-state index in [1.54, 1.807) is 0 Å². The predicted octanol–water partition coefficient (Wildman–Crippen LogP) is 4.88. The maximum atomic E-state index is 12.0. The SMILES string of the molecule is FC(F)(F)CCSc1ccc2ccccc2c1. The first kappa shape index (κ1) is 12.3. The van der Waals surface area contributed by atoms with E-state index in [1.807, 2.05) is 42.5 Å². The lowest BCUT2D eigenvalue weighted by molar-refractivity contribution is -0.129. The molecule has 0 aliphatic heterocycles. The molecule has 0 radical (unpaired) electrons. The van der Waals surface area contributed by atoms with Gasteiger partial charge in [-0.2, -0.15) is 13.2 Å². The molecule has 0 heterocycles. The molecule has 2 aromatic carbocycles. The minimum atomic E-state index is -4.07. The van der Waals surface area contributed by atoms with Crippen molar-refractivity contribution in [1.29, 1.82) is 0 Å². The summed E-state index contributed by atoms with van der Waals surface area (Å²) >= 11 is 1.24. The van der Waals surface area contributed by atoms with Gasteiger partial charge in [-0.25, -0.2) is 0 Å². The molecule has 2 rings (SSSR count). The summed E-state index contributed by atoms with van der Waals surface area (Å²) in [5.74, 6) is 0.0713. The molecule has 2 aromatic rings. The molecular formula is C13H11F3S. The summed E-state index contributed by atoms with van der Waals surface area (Å²) in [6, 6.07) is 13.5. The number of hydrogen-bond donors (Lipinski definition) is 0. The highest BCUT2D eigenvalue weighted by atomic mass is 32.2. The number of halogens is 3. The summed E-state index contributed by atoms with van der Waals surface area (Å²) in [5.41, 5.74) is 0. The van der Waals surface area contributed by atoms with E-state index in [1.165, 1.54) is 11.8 Å². The molecule has 0 unspecified atom stereocenters. The summed E-state index contributed by atoms with van der Waals surface area (Å²) in [7, 11) is 0. The van der Waals surface area contributed by atoms with Gasteiger partial charge in [0.15, 0.2) is 0 Å². The van der Waals surface area contributed by atoms with Crippen molar-refractivity contribution in [2.24, 2.45) is 0 Å². The van der Waals surface area contributed by atoms with Crippen LogP contribution >= 0.6 is 11.8 Å². The zero-order chi connectivity index (χ0) is 12.3. The third kappa shape index (κ3) is 3.66. The van der Waals surface area contributed by atoms with E-state index in [9.17, 15) is 13.2 Å². The van der Waals surface area contributed by atoms with Crippen molar-refractivity contribution >= 4 is 22.5 Å². The fourth-order valence-corrected chi connectivity index (χ4v) is 2.49. The topological polar surface area (TPSA) is 0 Å². The van der Waals surface area contributed by atoms with Gasteiger partial charge in [0.1, 0.15) is 0 Å². The van der Waals surface area contributed by atoms with Crippen molar-refractivity contribution in [2.75, 3.05) is 5.75 Å². The van der Waals surface area contributed by atoms with E-state index in [-0.39, 0.29) is 5.75 Å². The molecule has 0 N–H and O–H groups in total. The van der Waals surface area contributed by atoms with E-state index in [0.717, 1.165) is 15.7 Å². The Balaban J connectivity index is 2.04. The summed E-state index contributed by atoms with van der Waals surface area (Å²) in [5, 5.41) is 2.16. The van der Waals surface area contributed by atoms with Crippen LogP contribution in [0.5, 0.6) is 0 Å². The molecule has 90 valence electrons. The Morgan fingerprint density at radius 2 is 1.65 bits per heavy atom. The van der Waals surface area contributed by atoms with Crippen LogP contribution in [0.2, 0.25) is 0 Å². The number of thioether (sulfide) groups is 1. The Morgan fingerprint density at radius 1 is 0.941 bits per heavy atom. The molecule has 0 amide bonds. The van der Waals surface area contributed by atoms with Crippen molar-refractivity contribution in [3.8, 4) is 0 Å². The lowest BCUT2D eigenvalue weighted by atomic mass is 10.1. The molecule has 17 heavy (non-hydrogen) atoms. The van der Waals surface area contributed by atoms with Gasteiger partial charge in [0, 0.05) is 10.6 Å². The molecule has 0 spiro atoms. The summed E-state index contributed by atoms with van der Waals surface area (Å²) in [6.07, 6.45) is -4.81. The Labute approximate surface area is 102 Å². The van der Waals surface area contributed by atoms with Gasteiger partial charge in [0.2, 0.25) is 0 Å². The fraction of sp³-hybridized carbons (Fsp3) is 0.231. The first-order chi connectivity index (χ1) is 8.04. The number of hydrogen-bond acceptors (Lipinski definition) is 1. The van der Waals surface area contributed by atoms with E-state index in [4.69, 9.17) is 0 Å². The average molecular weight is 256 g/mol. The van der Waals surface area contributed by atoms with Crippen LogP contribution in [0, 0.1) is 0 Å². The fourth-order valence-electron chi connectivity index (χ4n) is 1.54. The lowest BCUT2D eigenvalue weighted by Gasteiger charge is -2.06. The second-order valence-electron chi connectivity index (χ2n) is 3.72. The number of fused-ring (bicyclic) bond motifs is 1. The third-order valence-electron chi connectivity index (χ3n) is 2.38. The quantitative estimate of drug-likeness (QED) is 0.705. The zero-order valence-corrected chi connectivity index (χ0v) is 9.81. The predicted molar refractivity (Wildman–Crippen MR) is 65.3 cm³/mol. The van der Waals surface area contributed by atoms with Crippen molar-refractivity contribution in [3.05, 3.63) is 42.5 Å². The summed E-state index contributed by atoms with van der Waals surface area (Å²) in [4.78, 5) is 0.882. The average Bonchev–Trinajstić information content (AvgIpc) is 2.27. The smallest absolute Gasteiger partial charge is 0.171 e. The highest BCUT2D eigenvalue weighted by molar-refractivity contribution is 7.99. The van der Waals surface area contributed by atoms with Gasteiger partial charge in [0.05, 0.1) is 6.42 Å². The molecule has 0 atom stereocenters. The molecule has 0 aromatic heterocycles. The summed E-state index contributed by atoms with van der Waals surface area (Å²) < 4.78 is 36.0. The maximum Gasteiger partial charge on any atom is 0.389 e. The largest absolute Gasteiger partial charge is 0.389 e. The number of alkyl halides is 3. The Hall–Kier alpha value is -1.16. The van der Waals surface area contributed by atoms with Gasteiger partial charge in [-0.15, -0.1) is 11.8 Å². The Morgan fingerprint density at radius 3 is 2.35 bits per heavy atom. The van der Waals surface area contributed by atoms with Crippen molar-refractivity contribution in [3.63, 3.8) is 0 Å². The minimum Gasteiger partial charge on any atom is -0.171 e.